The van der Waals surface area contributed by atoms with Crippen molar-refractivity contribution >= 4 is 28.9 Å². The molecule has 1 amide bonds. The molecular weight excluding hydrogens is 462 g/mol. The quantitative estimate of drug-likeness (QED) is 0.371. The number of nitrogens with one attached hydrogen (secondary N) is 1. The zero-order chi connectivity index (χ0) is 24.7. The topological polar surface area (TPSA) is 125 Å². The lowest BCUT2D eigenvalue weighted by Crippen LogP contribution is -2.54. The summed E-state index contributed by atoms with van der Waals surface area (Å²) in [5.74, 6) is -1.59. The lowest BCUT2D eigenvalue weighted by Gasteiger charge is -2.31. The number of ether oxygens (including phenoxy) is 2. The van der Waals surface area contributed by atoms with E-state index in [1.807, 2.05) is 0 Å². The fraction of sp³-hybridized carbons (Fsp3) is 0.250. The van der Waals surface area contributed by atoms with Crippen molar-refractivity contribution in [2.24, 2.45) is 0 Å². The Morgan fingerprint density at radius 2 is 1.62 bits per heavy atom. The van der Waals surface area contributed by atoms with Gasteiger partial charge in [-0.05, 0) is 56.8 Å². The molecule has 0 bridgehead atoms. The Balaban J connectivity index is 1.75. The van der Waals surface area contributed by atoms with Crippen LogP contribution in [0, 0.1) is 6.92 Å². The first kappa shape index (κ1) is 24.8. The summed E-state index contributed by atoms with van der Waals surface area (Å²) in [6, 6.07) is 15.5. The number of hydrogen-bond donors (Lipinski definition) is 1. The van der Waals surface area contributed by atoms with Crippen LogP contribution in [0.3, 0.4) is 0 Å². The van der Waals surface area contributed by atoms with Crippen LogP contribution in [0.15, 0.2) is 74.3 Å². The zero-order valence-corrected chi connectivity index (χ0v) is 19.5. The smallest absolute Gasteiger partial charge is 0.449 e. The van der Waals surface area contributed by atoms with Gasteiger partial charge in [0.05, 0.1) is 4.75 Å². The molecule has 3 aromatic rings. The Labute approximate surface area is 199 Å². The number of carbonyl (C=O) groups excluding carboxylic acids is 3. The molecule has 0 aliphatic rings. The van der Waals surface area contributed by atoms with Gasteiger partial charge in [-0.1, -0.05) is 36.4 Å². The van der Waals surface area contributed by atoms with Crippen molar-refractivity contribution in [1.82, 2.24) is 5.32 Å². The van der Waals surface area contributed by atoms with E-state index in [2.05, 4.69) is 5.32 Å². The molecule has 2 aromatic carbocycles. The first-order valence-corrected chi connectivity index (χ1v) is 11.0. The monoisotopic (exact) mass is 485 g/mol. The van der Waals surface area contributed by atoms with E-state index in [-0.39, 0.29) is 18.1 Å². The summed E-state index contributed by atoms with van der Waals surface area (Å²) < 4.78 is 19.0. The highest BCUT2D eigenvalue weighted by atomic mass is 32.2. The lowest BCUT2D eigenvalue weighted by atomic mass is 10.0. The summed E-state index contributed by atoms with van der Waals surface area (Å²) in [5.41, 5.74) is 0.342. The molecule has 0 radical (unpaired) electrons. The van der Waals surface area contributed by atoms with E-state index in [0.717, 1.165) is 0 Å². The summed E-state index contributed by atoms with van der Waals surface area (Å²) in [6.45, 7) is 4.38. The third-order valence-corrected chi connectivity index (χ3v) is 5.75. The molecule has 1 aromatic heterocycles. The van der Waals surface area contributed by atoms with Crippen LogP contribution in [0.4, 0.5) is 4.79 Å². The molecule has 0 aliphatic heterocycles. The van der Waals surface area contributed by atoms with Crippen LogP contribution in [-0.2, 0) is 16.1 Å². The number of thioether (sulfide) groups is 1. The first-order valence-electron chi connectivity index (χ1n) is 10.2. The van der Waals surface area contributed by atoms with E-state index in [1.165, 1.54) is 6.92 Å². The molecule has 0 saturated carbocycles. The standard InChI is InChI=1S/C24H23NO8S/c1-15-18(33-22(28)31-15)14-30-23(29)34-24(2,3)19(21(27)32-17-12-8-5-9-13-17)25-20(26)16-10-6-4-7-11-16/h4-13,19H,14H2,1-3H3,(H,25,26)/t19-/m0/s1. The average Bonchev–Trinajstić information content (AvgIpc) is 3.13. The Bertz CT molecular complexity index is 1200. The molecule has 1 N–H and O–H groups in total. The van der Waals surface area contributed by atoms with Gasteiger partial charge in [0.25, 0.3) is 5.91 Å². The van der Waals surface area contributed by atoms with E-state index < -0.39 is 33.8 Å². The third-order valence-electron chi connectivity index (χ3n) is 4.71. The number of rotatable bonds is 8. The molecule has 9 nitrogen and oxygen atoms in total. The van der Waals surface area contributed by atoms with E-state index in [9.17, 15) is 19.2 Å². The van der Waals surface area contributed by atoms with Crippen molar-refractivity contribution < 1.29 is 32.7 Å². The van der Waals surface area contributed by atoms with Gasteiger partial charge in [0.1, 0.15) is 11.8 Å². The Morgan fingerprint density at radius 3 is 2.21 bits per heavy atom. The number of amides is 1. The van der Waals surface area contributed by atoms with Gasteiger partial charge in [0.2, 0.25) is 0 Å². The van der Waals surface area contributed by atoms with Crippen molar-refractivity contribution in [3.8, 4) is 5.75 Å². The molecule has 0 spiro atoms. The van der Waals surface area contributed by atoms with Crippen molar-refractivity contribution in [1.29, 1.82) is 0 Å². The van der Waals surface area contributed by atoms with Gasteiger partial charge in [0.15, 0.2) is 18.1 Å². The second-order valence-electron chi connectivity index (χ2n) is 7.68. The molecule has 1 heterocycles. The highest BCUT2D eigenvalue weighted by Gasteiger charge is 2.41. The molecule has 0 fully saturated rings. The SMILES string of the molecule is Cc1oc(=O)oc1COC(=O)SC(C)(C)[C@@H](NC(=O)c1ccccc1)C(=O)Oc1ccccc1. The zero-order valence-electron chi connectivity index (χ0n) is 18.7. The van der Waals surface area contributed by atoms with Gasteiger partial charge in [-0.3, -0.25) is 4.79 Å². The fourth-order valence-electron chi connectivity index (χ4n) is 2.92. The maximum atomic E-state index is 13.1. The Kier molecular flexibility index (Phi) is 7.95. The van der Waals surface area contributed by atoms with Crippen LogP contribution < -0.4 is 15.9 Å². The van der Waals surface area contributed by atoms with Gasteiger partial charge >= 0.3 is 17.1 Å². The van der Waals surface area contributed by atoms with Gasteiger partial charge in [-0.15, -0.1) is 0 Å². The molecule has 3 rings (SSSR count). The van der Waals surface area contributed by atoms with Crippen LogP contribution >= 0.6 is 11.8 Å². The predicted octanol–water partition coefficient (Wildman–Crippen LogP) is 4.09. The number of benzene rings is 2. The van der Waals surface area contributed by atoms with Crippen molar-refractivity contribution in [3.63, 3.8) is 0 Å². The molecule has 1 atom stereocenters. The van der Waals surface area contributed by atoms with Crippen LogP contribution in [0.2, 0.25) is 0 Å². The fourth-order valence-corrected chi connectivity index (χ4v) is 3.74. The summed E-state index contributed by atoms with van der Waals surface area (Å²) >= 11 is 0.691. The summed E-state index contributed by atoms with van der Waals surface area (Å²) in [7, 11) is 0. The van der Waals surface area contributed by atoms with E-state index in [4.69, 9.17) is 18.3 Å². The van der Waals surface area contributed by atoms with Gasteiger partial charge in [0, 0.05) is 5.56 Å². The number of hydrogen-bond acceptors (Lipinski definition) is 9. The van der Waals surface area contributed by atoms with Crippen LogP contribution in [0.5, 0.6) is 5.75 Å². The van der Waals surface area contributed by atoms with Gasteiger partial charge in [-0.25, -0.2) is 14.4 Å². The summed E-state index contributed by atoms with van der Waals surface area (Å²) in [4.78, 5) is 49.5. The van der Waals surface area contributed by atoms with Crippen molar-refractivity contribution in [2.75, 3.05) is 0 Å². The number of carbonyl (C=O) groups is 3. The highest BCUT2D eigenvalue weighted by molar-refractivity contribution is 8.14. The van der Waals surface area contributed by atoms with Gasteiger partial charge < -0.3 is 23.6 Å². The van der Waals surface area contributed by atoms with Crippen molar-refractivity contribution in [3.05, 3.63) is 88.4 Å². The van der Waals surface area contributed by atoms with Gasteiger partial charge in [-0.2, -0.15) is 0 Å². The molecule has 0 saturated heterocycles. The molecule has 10 heteroatoms. The molecule has 178 valence electrons. The highest BCUT2D eigenvalue weighted by Crippen LogP contribution is 2.32. The normalized spacial score (nSPS) is 12.0. The van der Waals surface area contributed by atoms with E-state index in [1.54, 1.807) is 74.5 Å². The number of aryl methyl sites for hydroxylation is 1. The van der Waals surface area contributed by atoms with E-state index >= 15 is 0 Å². The second kappa shape index (κ2) is 10.9. The maximum Gasteiger partial charge on any atom is 0.519 e. The lowest BCUT2D eigenvalue weighted by molar-refractivity contribution is -0.137. The van der Waals surface area contributed by atoms with Crippen LogP contribution in [0.25, 0.3) is 0 Å². The minimum Gasteiger partial charge on any atom is -0.449 e. The summed E-state index contributed by atoms with van der Waals surface area (Å²) in [5, 5.41) is 1.92. The van der Waals surface area contributed by atoms with E-state index in [0.29, 0.717) is 23.1 Å². The Hall–Kier alpha value is -3.79. The van der Waals surface area contributed by atoms with Crippen LogP contribution in [0.1, 0.15) is 35.7 Å². The third kappa shape index (κ3) is 6.61. The minimum atomic E-state index is -1.22. The van der Waals surface area contributed by atoms with Crippen LogP contribution in [-0.4, -0.2) is 28.0 Å². The first-order chi connectivity index (χ1) is 16.2. The largest absolute Gasteiger partial charge is 0.519 e. The molecule has 0 unspecified atom stereocenters. The minimum absolute atomic E-state index is 0.0779. The molecule has 34 heavy (non-hydrogen) atoms. The number of para-hydroxylation sites is 1. The number of esters is 1. The Morgan fingerprint density at radius 1 is 1.00 bits per heavy atom. The second-order valence-corrected chi connectivity index (χ2v) is 9.27. The summed E-state index contributed by atoms with van der Waals surface area (Å²) in [6.07, 6.45) is 0. The maximum absolute atomic E-state index is 13.1. The average molecular weight is 486 g/mol. The van der Waals surface area contributed by atoms with Crippen molar-refractivity contribution in [2.45, 2.75) is 38.2 Å². The predicted molar refractivity (Wildman–Crippen MR) is 124 cm³/mol. The molecule has 0 aliphatic carbocycles. The molecular formula is C24H23NO8S.